The molecule has 1 atom stereocenters. The predicted octanol–water partition coefficient (Wildman–Crippen LogP) is 4.03. The van der Waals surface area contributed by atoms with Crippen LogP contribution >= 0.6 is 15.9 Å². The first-order valence-electron chi connectivity index (χ1n) is 7.38. The number of nitrogens with one attached hydrogen (secondary N) is 1. The second-order valence-corrected chi connectivity index (χ2v) is 5.51. The van der Waals surface area contributed by atoms with E-state index in [9.17, 15) is 0 Å². The van der Waals surface area contributed by atoms with Crippen molar-refractivity contribution in [3.63, 3.8) is 0 Å². The first kappa shape index (κ1) is 17.8. The maximum absolute atomic E-state index is 9.06. The van der Waals surface area contributed by atoms with Crippen LogP contribution in [0.4, 0.5) is 0 Å². The molecule has 0 amide bonds. The van der Waals surface area contributed by atoms with Crippen molar-refractivity contribution in [2.24, 2.45) is 0 Å². The highest BCUT2D eigenvalue weighted by molar-refractivity contribution is 9.10. The molecule has 0 radical (unpaired) electrons. The lowest BCUT2D eigenvalue weighted by atomic mass is 10.2. The van der Waals surface area contributed by atoms with Gasteiger partial charge in [0.1, 0.15) is 6.07 Å². The van der Waals surface area contributed by atoms with E-state index in [0.717, 1.165) is 29.5 Å². The van der Waals surface area contributed by atoms with Crippen LogP contribution in [-0.4, -0.2) is 19.3 Å². The Morgan fingerprint density at radius 1 is 1.33 bits per heavy atom. The zero-order chi connectivity index (χ0) is 15.7. The summed E-state index contributed by atoms with van der Waals surface area (Å²) in [7, 11) is 0. The van der Waals surface area contributed by atoms with Crippen molar-refractivity contribution in [3.05, 3.63) is 22.2 Å². The normalized spacial score (nSPS) is 11.8. The van der Waals surface area contributed by atoms with E-state index < -0.39 is 6.10 Å². The van der Waals surface area contributed by atoms with Crippen molar-refractivity contribution in [2.45, 2.75) is 46.3 Å². The van der Waals surface area contributed by atoms with Crippen LogP contribution in [0.3, 0.4) is 0 Å². The van der Waals surface area contributed by atoms with Crippen LogP contribution in [0.2, 0.25) is 0 Å². The molecule has 4 nitrogen and oxygen atoms in total. The molecule has 0 spiro atoms. The number of nitrogens with zero attached hydrogens (tertiary/aromatic N) is 1. The number of benzene rings is 1. The lowest BCUT2D eigenvalue weighted by molar-refractivity contribution is 0.230. The molecule has 0 bridgehead atoms. The number of nitriles is 1. The molecule has 1 aromatic carbocycles. The average molecular weight is 355 g/mol. The summed E-state index contributed by atoms with van der Waals surface area (Å²) in [4.78, 5) is 0. The Bertz CT molecular complexity index is 486. The fourth-order valence-electron chi connectivity index (χ4n) is 1.85. The zero-order valence-electron chi connectivity index (χ0n) is 12.9. The second-order valence-electron chi connectivity index (χ2n) is 4.66. The van der Waals surface area contributed by atoms with Crippen LogP contribution in [0.1, 0.15) is 39.2 Å². The van der Waals surface area contributed by atoms with Gasteiger partial charge in [0, 0.05) is 6.54 Å². The van der Waals surface area contributed by atoms with Crippen LogP contribution in [0.5, 0.6) is 11.5 Å². The Labute approximate surface area is 135 Å². The van der Waals surface area contributed by atoms with Gasteiger partial charge in [-0.15, -0.1) is 0 Å². The maximum atomic E-state index is 9.06. The van der Waals surface area contributed by atoms with Crippen LogP contribution in [0.15, 0.2) is 16.6 Å². The van der Waals surface area contributed by atoms with Gasteiger partial charge in [0.2, 0.25) is 0 Å². The molecule has 1 rings (SSSR count). The van der Waals surface area contributed by atoms with Gasteiger partial charge < -0.3 is 14.8 Å². The molecule has 0 aliphatic carbocycles. The molecule has 0 heterocycles. The highest BCUT2D eigenvalue weighted by Gasteiger charge is 2.16. The molecule has 0 fully saturated rings. The number of ether oxygens (including phenoxy) is 2. The smallest absolute Gasteiger partial charge is 0.184 e. The van der Waals surface area contributed by atoms with Gasteiger partial charge in [-0.1, -0.05) is 13.8 Å². The van der Waals surface area contributed by atoms with Crippen LogP contribution in [0, 0.1) is 11.3 Å². The molecule has 1 unspecified atom stereocenters. The molecule has 0 aromatic heterocycles. The Morgan fingerprint density at radius 3 is 2.67 bits per heavy atom. The summed E-state index contributed by atoms with van der Waals surface area (Å²) in [5.41, 5.74) is 1.12. The third-order valence-corrected chi connectivity index (χ3v) is 3.49. The monoisotopic (exact) mass is 354 g/mol. The molecule has 1 N–H and O–H groups in total. The first-order valence-corrected chi connectivity index (χ1v) is 8.17. The van der Waals surface area contributed by atoms with E-state index in [1.807, 2.05) is 26.0 Å². The fraction of sp³-hybridized carbons (Fsp3) is 0.562. The molecule has 1 aromatic rings. The van der Waals surface area contributed by atoms with Crippen LogP contribution in [-0.2, 0) is 6.54 Å². The predicted molar refractivity (Wildman–Crippen MR) is 87.6 cm³/mol. The van der Waals surface area contributed by atoms with Crippen molar-refractivity contribution < 1.29 is 9.47 Å². The summed E-state index contributed by atoms with van der Waals surface area (Å²) in [6.45, 7) is 8.30. The number of rotatable bonds is 9. The minimum Gasteiger partial charge on any atom is -0.490 e. The first-order chi connectivity index (χ1) is 10.2. The summed E-state index contributed by atoms with van der Waals surface area (Å²) < 4.78 is 12.2. The molecule has 0 saturated carbocycles. The molecular weight excluding hydrogens is 332 g/mol. The Kier molecular flexibility index (Phi) is 8.17. The van der Waals surface area contributed by atoms with E-state index >= 15 is 0 Å². The summed E-state index contributed by atoms with van der Waals surface area (Å²) in [6.07, 6.45) is 1.26. The van der Waals surface area contributed by atoms with Crippen molar-refractivity contribution in [1.29, 1.82) is 5.26 Å². The molecule has 0 aliphatic rings. The van der Waals surface area contributed by atoms with Crippen molar-refractivity contribution in [3.8, 4) is 17.6 Å². The average Bonchev–Trinajstić information content (AvgIpc) is 2.47. The lowest BCUT2D eigenvalue weighted by Gasteiger charge is -2.17. The van der Waals surface area contributed by atoms with Gasteiger partial charge >= 0.3 is 0 Å². The molecule has 0 saturated heterocycles. The lowest BCUT2D eigenvalue weighted by Crippen LogP contribution is -2.15. The van der Waals surface area contributed by atoms with Gasteiger partial charge in [0.05, 0.1) is 11.1 Å². The Morgan fingerprint density at radius 2 is 2.10 bits per heavy atom. The summed E-state index contributed by atoms with van der Waals surface area (Å²) in [6, 6.07) is 6.12. The molecule has 0 aliphatic heterocycles. The van der Waals surface area contributed by atoms with Crippen molar-refractivity contribution >= 4 is 15.9 Å². The Hall–Kier alpha value is -1.25. The molecule has 5 heteroatoms. The highest BCUT2D eigenvalue weighted by Crippen LogP contribution is 2.37. The largest absolute Gasteiger partial charge is 0.490 e. The minimum atomic E-state index is -0.468. The van der Waals surface area contributed by atoms with Gasteiger partial charge in [0.25, 0.3) is 0 Å². The highest BCUT2D eigenvalue weighted by atomic mass is 79.9. The van der Waals surface area contributed by atoms with E-state index in [0.29, 0.717) is 24.5 Å². The van der Waals surface area contributed by atoms with Gasteiger partial charge in [-0.3, -0.25) is 0 Å². The summed E-state index contributed by atoms with van der Waals surface area (Å²) in [5, 5.41) is 12.4. The van der Waals surface area contributed by atoms with Crippen LogP contribution < -0.4 is 14.8 Å². The second kappa shape index (κ2) is 9.64. The van der Waals surface area contributed by atoms with Crippen molar-refractivity contribution in [1.82, 2.24) is 5.32 Å². The standard InChI is InChI=1S/C16H23BrN2O2/c1-4-7-19-11-12-8-14(17)16(15(9-12)20-6-3)21-13(5-2)10-18/h8-9,13,19H,4-7,11H2,1-3H3. The SMILES string of the molecule is CCCNCc1cc(Br)c(OC(C#N)CC)c(OCC)c1. The van der Waals surface area contributed by atoms with Gasteiger partial charge in [-0.05, 0) is 59.9 Å². The topological polar surface area (TPSA) is 54.3 Å². The number of hydrogen-bond acceptors (Lipinski definition) is 4. The zero-order valence-corrected chi connectivity index (χ0v) is 14.5. The van der Waals surface area contributed by atoms with E-state index in [4.69, 9.17) is 14.7 Å². The molecule has 21 heavy (non-hydrogen) atoms. The summed E-state index contributed by atoms with van der Waals surface area (Å²) in [5.74, 6) is 1.28. The van der Waals surface area contributed by atoms with Gasteiger partial charge in [-0.25, -0.2) is 0 Å². The quantitative estimate of drug-likeness (QED) is 0.680. The number of hydrogen-bond donors (Lipinski definition) is 1. The van der Waals surface area contributed by atoms with E-state index in [2.05, 4.69) is 34.2 Å². The molecular formula is C16H23BrN2O2. The van der Waals surface area contributed by atoms with Crippen LogP contribution in [0.25, 0.3) is 0 Å². The van der Waals surface area contributed by atoms with Crippen molar-refractivity contribution in [2.75, 3.05) is 13.2 Å². The van der Waals surface area contributed by atoms with Gasteiger partial charge in [0.15, 0.2) is 17.6 Å². The molecule has 116 valence electrons. The summed E-state index contributed by atoms with van der Waals surface area (Å²) >= 11 is 3.52. The Balaban J connectivity index is 2.98. The van der Waals surface area contributed by atoms with E-state index in [1.165, 1.54) is 0 Å². The fourth-order valence-corrected chi connectivity index (χ4v) is 2.44. The third kappa shape index (κ3) is 5.56. The van der Waals surface area contributed by atoms with E-state index in [-0.39, 0.29) is 0 Å². The van der Waals surface area contributed by atoms with E-state index in [1.54, 1.807) is 0 Å². The third-order valence-electron chi connectivity index (χ3n) is 2.90. The minimum absolute atomic E-state index is 0.468. The number of halogens is 1. The van der Waals surface area contributed by atoms with Gasteiger partial charge in [-0.2, -0.15) is 5.26 Å². The maximum Gasteiger partial charge on any atom is 0.184 e.